The Hall–Kier alpha value is -3.00. The number of rotatable bonds is 7. The normalized spacial score (nSPS) is 10.4. The number of carbonyl (C=O) groups excluding carboxylic acids is 2. The molecule has 0 heterocycles. The largest absolute Gasteiger partial charge is 0.493 e. The fraction of sp³-hybridized carbons (Fsp3) is 0.200. The quantitative estimate of drug-likeness (QED) is 0.502. The van der Waals surface area contributed by atoms with E-state index in [-0.39, 0.29) is 6.61 Å². The molecule has 28 heavy (non-hydrogen) atoms. The van der Waals surface area contributed by atoms with Gasteiger partial charge in [-0.05, 0) is 64.3 Å². The van der Waals surface area contributed by atoms with Crippen LogP contribution in [0, 0.1) is 6.92 Å². The van der Waals surface area contributed by atoms with Gasteiger partial charge in [-0.1, -0.05) is 12.1 Å². The Labute approximate surface area is 171 Å². The Morgan fingerprint density at radius 3 is 2.39 bits per heavy atom. The van der Waals surface area contributed by atoms with Crippen LogP contribution in [-0.4, -0.2) is 32.6 Å². The molecule has 0 atom stereocenters. The average molecular weight is 449 g/mol. The molecule has 2 amide bonds. The van der Waals surface area contributed by atoms with Crippen molar-refractivity contribution in [1.29, 1.82) is 0 Å². The predicted molar refractivity (Wildman–Crippen MR) is 109 cm³/mol. The van der Waals surface area contributed by atoms with E-state index >= 15 is 0 Å². The molecular weight excluding hydrogens is 428 g/mol. The molecule has 0 saturated heterocycles. The van der Waals surface area contributed by atoms with Crippen LogP contribution in [-0.2, 0) is 9.59 Å². The van der Waals surface area contributed by atoms with E-state index in [2.05, 4.69) is 26.8 Å². The molecule has 0 aromatic heterocycles. The zero-order valence-corrected chi connectivity index (χ0v) is 17.3. The van der Waals surface area contributed by atoms with Gasteiger partial charge in [-0.2, -0.15) is 0 Å². The van der Waals surface area contributed by atoms with Gasteiger partial charge in [0.25, 0.3) is 11.8 Å². The molecule has 0 spiro atoms. The van der Waals surface area contributed by atoms with Crippen LogP contribution in [0.25, 0.3) is 6.08 Å². The first-order chi connectivity index (χ1) is 13.4. The van der Waals surface area contributed by atoms with E-state index in [0.29, 0.717) is 17.2 Å². The monoisotopic (exact) mass is 448 g/mol. The Bertz CT molecular complexity index is 883. The third-order valence-electron chi connectivity index (χ3n) is 3.61. The lowest BCUT2D eigenvalue weighted by Gasteiger charge is -2.09. The van der Waals surface area contributed by atoms with E-state index in [0.717, 1.165) is 15.6 Å². The number of nitrogens with one attached hydrogen (secondary N) is 2. The lowest BCUT2D eigenvalue weighted by molar-refractivity contribution is -0.128. The molecule has 8 heteroatoms. The molecule has 0 aliphatic heterocycles. The highest BCUT2D eigenvalue weighted by atomic mass is 79.9. The number of benzene rings is 2. The van der Waals surface area contributed by atoms with Crippen molar-refractivity contribution in [2.45, 2.75) is 6.92 Å². The second kappa shape index (κ2) is 10.4. The van der Waals surface area contributed by atoms with Crippen LogP contribution in [0.15, 0.2) is 46.9 Å². The molecule has 0 saturated carbocycles. The number of methoxy groups -OCH3 is 2. The Morgan fingerprint density at radius 2 is 1.71 bits per heavy atom. The summed E-state index contributed by atoms with van der Waals surface area (Å²) in [6.07, 6.45) is 2.88. The first-order valence-corrected chi connectivity index (χ1v) is 9.10. The fourth-order valence-corrected chi connectivity index (χ4v) is 2.81. The number of aryl methyl sites for hydroxylation is 1. The first kappa shape index (κ1) is 21.3. The molecule has 0 aliphatic rings. The summed E-state index contributed by atoms with van der Waals surface area (Å²) in [7, 11) is 3.08. The molecule has 0 unspecified atom stereocenters. The zero-order chi connectivity index (χ0) is 20.5. The minimum atomic E-state index is -0.486. The van der Waals surface area contributed by atoms with Crippen molar-refractivity contribution in [2.75, 3.05) is 20.8 Å². The third kappa shape index (κ3) is 6.31. The highest BCUT2D eigenvalue weighted by Gasteiger charge is 2.07. The summed E-state index contributed by atoms with van der Waals surface area (Å²) < 4.78 is 16.5. The van der Waals surface area contributed by atoms with E-state index < -0.39 is 11.8 Å². The van der Waals surface area contributed by atoms with Gasteiger partial charge in [0.05, 0.1) is 18.7 Å². The second-order valence-corrected chi connectivity index (χ2v) is 6.56. The van der Waals surface area contributed by atoms with Crippen molar-refractivity contribution in [3.8, 4) is 17.2 Å². The maximum absolute atomic E-state index is 11.8. The van der Waals surface area contributed by atoms with Crippen molar-refractivity contribution in [3.05, 3.63) is 58.1 Å². The smallest absolute Gasteiger partial charge is 0.276 e. The van der Waals surface area contributed by atoms with Crippen molar-refractivity contribution >= 4 is 33.8 Å². The number of ether oxygens (including phenoxy) is 3. The van der Waals surface area contributed by atoms with Crippen molar-refractivity contribution in [2.24, 2.45) is 0 Å². The van der Waals surface area contributed by atoms with Crippen LogP contribution in [0.4, 0.5) is 0 Å². The molecule has 0 bridgehead atoms. The summed E-state index contributed by atoms with van der Waals surface area (Å²) in [4.78, 5) is 23.7. The van der Waals surface area contributed by atoms with Gasteiger partial charge >= 0.3 is 0 Å². The zero-order valence-electron chi connectivity index (χ0n) is 15.7. The van der Waals surface area contributed by atoms with Crippen LogP contribution in [0.3, 0.4) is 0 Å². The molecule has 7 nitrogen and oxygen atoms in total. The third-order valence-corrected chi connectivity index (χ3v) is 4.23. The van der Waals surface area contributed by atoms with Crippen molar-refractivity contribution in [3.63, 3.8) is 0 Å². The molecule has 2 aromatic rings. The van der Waals surface area contributed by atoms with E-state index in [1.165, 1.54) is 13.2 Å². The summed E-state index contributed by atoms with van der Waals surface area (Å²) in [5, 5.41) is 0. The number of hydrazine groups is 1. The Kier molecular flexibility index (Phi) is 7.88. The minimum absolute atomic E-state index is 0.235. The summed E-state index contributed by atoms with van der Waals surface area (Å²) in [5.41, 5.74) is 6.39. The van der Waals surface area contributed by atoms with Gasteiger partial charge in [0.1, 0.15) is 5.75 Å². The molecule has 0 fully saturated rings. The maximum Gasteiger partial charge on any atom is 0.276 e. The molecule has 148 valence electrons. The van der Waals surface area contributed by atoms with Gasteiger partial charge in [0, 0.05) is 6.08 Å². The number of amides is 2. The second-order valence-electron chi connectivity index (χ2n) is 5.71. The van der Waals surface area contributed by atoms with E-state index in [1.54, 1.807) is 37.5 Å². The summed E-state index contributed by atoms with van der Waals surface area (Å²) in [5.74, 6) is 0.717. The molecule has 2 N–H and O–H groups in total. The number of carbonyl (C=O) groups is 2. The number of hydrogen-bond acceptors (Lipinski definition) is 5. The number of hydrogen-bond donors (Lipinski definition) is 2. The first-order valence-electron chi connectivity index (χ1n) is 8.31. The van der Waals surface area contributed by atoms with E-state index in [1.807, 2.05) is 19.1 Å². The molecule has 2 rings (SSSR count). The standard InChI is InChI=1S/C20H21BrN2O5/c1-13-4-7-16(15(21)10-13)28-12-20(25)23-22-19(24)9-6-14-5-8-17(26-2)18(11-14)27-3/h4-11H,12H2,1-3H3,(H,22,24)(H,23,25)/b9-6+. The molecule has 2 aromatic carbocycles. The van der Waals surface area contributed by atoms with Gasteiger partial charge in [-0.3, -0.25) is 20.4 Å². The average Bonchev–Trinajstić information content (AvgIpc) is 2.69. The predicted octanol–water partition coefficient (Wildman–Crippen LogP) is 3.01. The summed E-state index contributed by atoms with van der Waals surface area (Å²) in [6.45, 7) is 1.72. The fourth-order valence-electron chi connectivity index (χ4n) is 2.20. The lowest BCUT2D eigenvalue weighted by Crippen LogP contribution is -2.43. The van der Waals surface area contributed by atoms with Crippen LogP contribution in [0.5, 0.6) is 17.2 Å². The van der Waals surface area contributed by atoms with Gasteiger partial charge in [0.2, 0.25) is 0 Å². The Morgan fingerprint density at radius 1 is 1.00 bits per heavy atom. The van der Waals surface area contributed by atoms with Crippen LogP contribution in [0.2, 0.25) is 0 Å². The van der Waals surface area contributed by atoms with Crippen molar-refractivity contribution < 1.29 is 23.8 Å². The van der Waals surface area contributed by atoms with Crippen LogP contribution >= 0.6 is 15.9 Å². The van der Waals surface area contributed by atoms with Gasteiger partial charge < -0.3 is 14.2 Å². The lowest BCUT2D eigenvalue weighted by atomic mass is 10.2. The molecule has 0 radical (unpaired) electrons. The van der Waals surface area contributed by atoms with Gasteiger partial charge in [-0.15, -0.1) is 0 Å². The van der Waals surface area contributed by atoms with Crippen molar-refractivity contribution in [1.82, 2.24) is 10.9 Å². The summed E-state index contributed by atoms with van der Waals surface area (Å²) in [6, 6.07) is 10.8. The Balaban J connectivity index is 1.81. The minimum Gasteiger partial charge on any atom is -0.493 e. The van der Waals surface area contributed by atoms with E-state index in [4.69, 9.17) is 14.2 Å². The van der Waals surface area contributed by atoms with Crippen LogP contribution < -0.4 is 25.1 Å². The highest BCUT2D eigenvalue weighted by Crippen LogP contribution is 2.28. The SMILES string of the molecule is COc1ccc(/C=C/C(=O)NNC(=O)COc2ccc(C)cc2Br)cc1OC. The highest BCUT2D eigenvalue weighted by molar-refractivity contribution is 9.10. The van der Waals surface area contributed by atoms with Gasteiger partial charge in [0.15, 0.2) is 18.1 Å². The van der Waals surface area contributed by atoms with Crippen LogP contribution in [0.1, 0.15) is 11.1 Å². The molecular formula is C20H21BrN2O5. The summed E-state index contributed by atoms with van der Waals surface area (Å²) >= 11 is 3.37. The van der Waals surface area contributed by atoms with Gasteiger partial charge in [-0.25, -0.2) is 0 Å². The number of halogens is 1. The van der Waals surface area contributed by atoms with E-state index in [9.17, 15) is 9.59 Å². The maximum atomic E-state index is 11.8. The topological polar surface area (TPSA) is 85.9 Å². The molecule has 0 aliphatic carbocycles.